The van der Waals surface area contributed by atoms with E-state index in [9.17, 15) is 19.2 Å². The van der Waals surface area contributed by atoms with E-state index in [1.807, 2.05) is 0 Å². The Bertz CT molecular complexity index is 1910. The van der Waals surface area contributed by atoms with Crippen molar-refractivity contribution in [3.05, 3.63) is 119 Å². The number of hydrogen-bond acceptors (Lipinski definition) is 14. The summed E-state index contributed by atoms with van der Waals surface area (Å²) in [6.07, 6.45) is -4.91. The average molecular weight is 797 g/mol. The molecule has 0 aromatic heterocycles. The van der Waals surface area contributed by atoms with Gasteiger partial charge in [0.05, 0.1) is 50.7 Å². The topological polar surface area (TPSA) is 161 Å². The zero-order chi connectivity index (χ0) is 40.8. The molecular formula is C44H44O14. The highest BCUT2D eigenvalue weighted by atomic mass is 16.8. The van der Waals surface area contributed by atoms with Crippen molar-refractivity contribution in [3.63, 3.8) is 0 Å². The minimum absolute atomic E-state index is 0.113. The van der Waals surface area contributed by atoms with Crippen molar-refractivity contribution < 1.29 is 66.5 Å². The Morgan fingerprint density at radius 1 is 0.414 bits per heavy atom. The Kier molecular flexibility index (Phi) is 12.1. The zero-order valence-electron chi connectivity index (χ0n) is 32.5. The molecule has 4 aromatic rings. The Balaban J connectivity index is 1.34. The monoisotopic (exact) mass is 796 g/mol. The number of fused-ring (bicyclic) bond motifs is 1. The van der Waals surface area contributed by atoms with Crippen LogP contribution in [0.2, 0.25) is 0 Å². The standard InChI is InChI=1S/C44H44O14/c1-49-30-16-8-26(9-17-30)40(45)53-34-35(54-41(46)27-10-18-31(50-2)19-11-27)37(56-43(48)29-14-22-33(52-4)23-15-29)39-38(57-44(58-39)24-6-5-7-25-44)36(34)55-42(47)28-12-20-32(51-3)21-13-28/h8-23,34-39H,5-7,24-25H2,1-4H3/t34-,35+,36+,37-,38-,39+. The minimum atomic E-state index is -1.60. The maximum absolute atomic E-state index is 14.1. The molecule has 6 atom stereocenters. The first-order valence-electron chi connectivity index (χ1n) is 18.9. The fraction of sp³-hybridized carbons (Fsp3) is 0.364. The number of methoxy groups -OCH3 is 4. The van der Waals surface area contributed by atoms with E-state index in [0.717, 1.165) is 19.3 Å². The molecule has 0 radical (unpaired) electrons. The lowest BCUT2D eigenvalue weighted by Gasteiger charge is -2.44. The first-order valence-corrected chi connectivity index (χ1v) is 18.9. The lowest BCUT2D eigenvalue weighted by molar-refractivity contribution is -0.203. The maximum Gasteiger partial charge on any atom is 0.338 e. The van der Waals surface area contributed by atoms with Gasteiger partial charge in [-0.25, -0.2) is 19.2 Å². The molecule has 0 N–H and O–H groups in total. The van der Waals surface area contributed by atoms with Crippen LogP contribution in [0.25, 0.3) is 0 Å². The third-order valence-corrected chi connectivity index (χ3v) is 10.5. The second-order valence-electron chi connectivity index (χ2n) is 14.0. The molecule has 3 aliphatic rings. The second kappa shape index (κ2) is 17.6. The van der Waals surface area contributed by atoms with E-state index in [1.165, 1.54) is 77.0 Å². The van der Waals surface area contributed by atoms with Crippen LogP contribution in [0, 0.1) is 0 Å². The van der Waals surface area contributed by atoms with E-state index in [1.54, 1.807) is 48.5 Å². The third kappa shape index (κ3) is 8.58. The SMILES string of the molecule is COc1ccc(C(=O)O[C@@H]2[C@H](OC(=O)c3ccc(OC)cc3)[C@@H](OC(=O)c3ccc(OC)cc3)[C@@H]3OC4(CCCCC4)O[C@@H]3[C@H]2OC(=O)c2ccc(OC)cc2)cc1. The predicted molar refractivity (Wildman–Crippen MR) is 204 cm³/mol. The molecule has 1 saturated heterocycles. The Morgan fingerprint density at radius 3 is 0.931 bits per heavy atom. The van der Waals surface area contributed by atoms with Gasteiger partial charge in [0.1, 0.15) is 35.2 Å². The fourth-order valence-electron chi connectivity index (χ4n) is 7.45. The lowest BCUT2D eigenvalue weighted by Crippen LogP contribution is -2.66. The van der Waals surface area contributed by atoms with Crippen LogP contribution in [0.5, 0.6) is 23.0 Å². The molecule has 2 aliphatic carbocycles. The Labute approximate surface area is 335 Å². The van der Waals surface area contributed by atoms with Crippen molar-refractivity contribution >= 4 is 23.9 Å². The summed E-state index contributed by atoms with van der Waals surface area (Å²) < 4.78 is 59.5. The maximum atomic E-state index is 14.1. The normalized spacial score (nSPS) is 23.1. The van der Waals surface area contributed by atoms with Gasteiger partial charge in [-0.2, -0.15) is 0 Å². The lowest BCUT2D eigenvalue weighted by atomic mass is 9.84. The molecule has 58 heavy (non-hydrogen) atoms. The molecular weight excluding hydrogens is 752 g/mol. The van der Waals surface area contributed by atoms with Gasteiger partial charge >= 0.3 is 23.9 Å². The Morgan fingerprint density at radius 2 is 0.672 bits per heavy atom. The van der Waals surface area contributed by atoms with Gasteiger partial charge in [0.2, 0.25) is 0 Å². The van der Waals surface area contributed by atoms with Crippen LogP contribution in [0.1, 0.15) is 73.5 Å². The number of rotatable bonds is 12. The smallest absolute Gasteiger partial charge is 0.338 e. The van der Waals surface area contributed by atoms with E-state index in [2.05, 4.69) is 0 Å². The Hall–Kier alpha value is -6.12. The summed E-state index contributed by atoms with van der Waals surface area (Å²) in [6.45, 7) is 0. The fourth-order valence-corrected chi connectivity index (χ4v) is 7.45. The van der Waals surface area contributed by atoms with Crippen LogP contribution in [-0.4, -0.2) is 94.7 Å². The second-order valence-corrected chi connectivity index (χ2v) is 14.0. The van der Waals surface area contributed by atoms with Gasteiger partial charge in [0.25, 0.3) is 0 Å². The molecule has 14 nitrogen and oxygen atoms in total. The van der Waals surface area contributed by atoms with Crippen LogP contribution in [0.3, 0.4) is 0 Å². The summed E-state index contributed by atoms with van der Waals surface area (Å²) in [5, 5.41) is 0. The molecule has 0 bridgehead atoms. The zero-order valence-corrected chi connectivity index (χ0v) is 32.5. The van der Waals surface area contributed by atoms with Gasteiger partial charge in [0.15, 0.2) is 30.2 Å². The quantitative estimate of drug-likeness (QED) is 0.115. The summed E-state index contributed by atoms with van der Waals surface area (Å²) in [5.41, 5.74) is 0.539. The molecule has 1 spiro atoms. The molecule has 2 saturated carbocycles. The molecule has 0 unspecified atom stereocenters. The van der Waals surface area contributed by atoms with Crippen LogP contribution in [-0.2, 0) is 28.4 Å². The molecule has 4 aromatic carbocycles. The summed E-state index contributed by atoms with van der Waals surface area (Å²) in [5.74, 6) is -2.43. The number of carbonyl (C=O) groups is 4. The van der Waals surface area contributed by atoms with E-state index < -0.39 is 66.3 Å². The van der Waals surface area contributed by atoms with Crippen molar-refractivity contribution in [2.45, 2.75) is 74.5 Å². The van der Waals surface area contributed by atoms with Crippen LogP contribution >= 0.6 is 0 Å². The van der Waals surface area contributed by atoms with Crippen molar-refractivity contribution in [2.75, 3.05) is 28.4 Å². The highest BCUT2D eigenvalue weighted by Gasteiger charge is 2.65. The van der Waals surface area contributed by atoms with Crippen molar-refractivity contribution in [1.82, 2.24) is 0 Å². The van der Waals surface area contributed by atoms with Crippen LogP contribution < -0.4 is 18.9 Å². The summed E-state index contributed by atoms with van der Waals surface area (Å²) in [4.78, 5) is 56.2. The van der Waals surface area contributed by atoms with Gasteiger partial charge in [-0.15, -0.1) is 0 Å². The van der Waals surface area contributed by atoms with Gasteiger partial charge in [-0.3, -0.25) is 0 Å². The number of esters is 4. The largest absolute Gasteiger partial charge is 0.497 e. The summed E-state index contributed by atoms with van der Waals surface area (Å²) >= 11 is 0. The third-order valence-electron chi connectivity index (χ3n) is 10.5. The van der Waals surface area contributed by atoms with Crippen LogP contribution in [0.4, 0.5) is 0 Å². The van der Waals surface area contributed by atoms with Crippen LogP contribution in [0.15, 0.2) is 97.1 Å². The van der Waals surface area contributed by atoms with Crippen molar-refractivity contribution in [1.29, 1.82) is 0 Å². The van der Waals surface area contributed by atoms with Gasteiger partial charge < -0.3 is 47.4 Å². The number of benzene rings is 4. The van der Waals surface area contributed by atoms with Crippen molar-refractivity contribution in [2.24, 2.45) is 0 Å². The first-order chi connectivity index (χ1) is 28.1. The van der Waals surface area contributed by atoms with Gasteiger partial charge in [0, 0.05) is 12.8 Å². The molecule has 1 aliphatic heterocycles. The summed E-state index contributed by atoms with van der Waals surface area (Å²) in [6, 6.07) is 24.8. The molecule has 7 rings (SSSR count). The molecule has 304 valence electrons. The van der Waals surface area contributed by atoms with E-state index >= 15 is 0 Å². The van der Waals surface area contributed by atoms with E-state index in [4.69, 9.17) is 47.4 Å². The molecule has 14 heteroatoms. The van der Waals surface area contributed by atoms with E-state index in [0.29, 0.717) is 35.8 Å². The predicted octanol–water partition coefficient (Wildman–Crippen LogP) is 6.38. The molecule has 1 heterocycles. The number of carbonyl (C=O) groups excluding carboxylic acids is 4. The highest BCUT2D eigenvalue weighted by molar-refractivity contribution is 5.92. The van der Waals surface area contributed by atoms with E-state index in [-0.39, 0.29) is 22.3 Å². The molecule has 0 amide bonds. The average Bonchev–Trinajstić information content (AvgIpc) is 3.63. The minimum Gasteiger partial charge on any atom is -0.497 e. The van der Waals surface area contributed by atoms with Gasteiger partial charge in [-0.1, -0.05) is 6.42 Å². The van der Waals surface area contributed by atoms with Crippen molar-refractivity contribution in [3.8, 4) is 23.0 Å². The van der Waals surface area contributed by atoms with Gasteiger partial charge in [-0.05, 0) is 110 Å². The highest BCUT2D eigenvalue weighted by Crippen LogP contribution is 2.48. The number of hydrogen-bond donors (Lipinski definition) is 0. The number of ether oxygens (including phenoxy) is 10. The first kappa shape index (κ1) is 40.1. The summed E-state index contributed by atoms with van der Waals surface area (Å²) in [7, 11) is 5.99. The molecule has 3 fully saturated rings.